The van der Waals surface area contributed by atoms with Gasteiger partial charge in [-0.05, 0) is 6.07 Å². The Balaban J connectivity index is 1.18. The van der Waals surface area contributed by atoms with Gasteiger partial charge in [0, 0.05) is 0 Å². The molecular formula is C42H24N4OSe. The van der Waals surface area contributed by atoms with E-state index in [0.717, 1.165) is 59.5 Å². The Kier molecular flexibility index (Phi) is 6.13. The van der Waals surface area contributed by atoms with Gasteiger partial charge in [-0.3, -0.25) is 0 Å². The maximum atomic E-state index is 6.23. The van der Waals surface area contributed by atoms with Crippen molar-refractivity contribution in [2.24, 2.45) is 0 Å². The number of nitrogens with zero attached hydrogens (tertiary/aromatic N) is 4. The molecule has 0 saturated carbocycles. The second-order valence-corrected chi connectivity index (χ2v) is 14.0. The van der Waals surface area contributed by atoms with Gasteiger partial charge in [-0.25, -0.2) is 0 Å². The average molecular weight is 680 g/mol. The number of aromatic nitrogens is 4. The minimum atomic E-state index is 0.118. The molecule has 0 spiro atoms. The number of para-hydroxylation sites is 1. The van der Waals surface area contributed by atoms with Crippen LogP contribution < -0.4 is 0 Å². The van der Waals surface area contributed by atoms with Gasteiger partial charge in [0.05, 0.1) is 0 Å². The Morgan fingerprint density at radius 1 is 0.438 bits per heavy atom. The van der Waals surface area contributed by atoms with E-state index in [-0.39, 0.29) is 14.5 Å². The van der Waals surface area contributed by atoms with E-state index >= 15 is 0 Å². The normalized spacial score (nSPS) is 11.8. The van der Waals surface area contributed by atoms with Gasteiger partial charge < -0.3 is 0 Å². The first-order valence-corrected chi connectivity index (χ1v) is 17.5. The third-order valence-electron chi connectivity index (χ3n) is 8.94. The van der Waals surface area contributed by atoms with Crippen molar-refractivity contribution in [1.82, 2.24) is 19.9 Å². The average Bonchev–Trinajstić information content (AvgIpc) is 3.77. The molecule has 0 bridgehead atoms. The zero-order chi connectivity index (χ0) is 31.6. The van der Waals surface area contributed by atoms with Crippen LogP contribution in [0.3, 0.4) is 0 Å². The minimum absolute atomic E-state index is 0.118. The molecule has 0 aliphatic heterocycles. The van der Waals surface area contributed by atoms with E-state index in [2.05, 4.69) is 109 Å². The van der Waals surface area contributed by atoms with Crippen LogP contribution in [0.25, 0.3) is 97.6 Å². The van der Waals surface area contributed by atoms with Crippen LogP contribution in [-0.2, 0) is 0 Å². The van der Waals surface area contributed by atoms with Gasteiger partial charge in [0.15, 0.2) is 0 Å². The molecule has 6 heteroatoms. The van der Waals surface area contributed by atoms with E-state index in [0.29, 0.717) is 17.5 Å². The molecule has 10 aromatic rings. The second-order valence-electron chi connectivity index (χ2n) is 11.9. The van der Waals surface area contributed by atoms with Gasteiger partial charge in [0.25, 0.3) is 0 Å². The maximum absolute atomic E-state index is 6.23. The molecule has 0 amide bonds. The van der Waals surface area contributed by atoms with Crippen LogP contribution in [0, 0.1) is 0 Å². The summed E-state index contributed by atoms with van der Waals surface area (Å²) >= 11 is 0.118. The number of benzene rings is 7. The van der Waals surface area contributed by atoms with Crippen molar-refractivity contribution in [3.8, 4) is 44.3 Å². The van der Waals surface area contributed by atoms with Gasteiger partial charge >= 0.3 is 246 Å². The quantitative estimate of drug-likeness (QED) is 0.173. The van der Waals surface area contributed by atoms with Crippen LogP contribution >= 0.6 is 0 Å². The molecule has 0 N–H and O–H groups in total. The van der Waals surface area contributed by atoms with E-state index in [1.54, 1.807) is 0 Å². The summed E-state index contributed by atoms with van der Waals surface area (Å²) in [6, 6.07) is 50.3. The predicted molar refractivity (Wildman–Crippen MR) is 196 cm³/mol. The summed E-state index contributed by atoms with van der Waals surface area (Å²) in [5, 5.41) is 6.73. The summed E-state index contributed by atoms with van der Waals surface area (Å²) in [5.41, 5.74) is 6.69. The fourth-order valence-corrected chi connectivity index (χ4v) is 8.92. The summed E-state index contributed by atoms with van der Waals surface area (Å²) in [6.07, 6.45) is 0. The van der Waals surface area contributed by atoms with Crippen molar-refractivity contribution in [3.05, 3.63) is 146 Å². The molecule has 7 aromatic carbocycles. The number of rotatable bonds is 4. The Morgan fingerprint density at radius 3 is 2.00 bits per heavy atom. The van der Waals surface area contributed by atoms with Crippen LogP contribution in [0.1, 0.15) is 0 Å². The summed E-state index contributed by atoms with van der Waals surface area (Å²) in [4.78, 5) is 20.4. The van der Waals surface area contributed by atoms with E-state index in [9.17, 15) is 0 Å². The van der Waals surface area contributed by atoms with Crippen LogP contribution in [0.5, 0.6) is 0 Å². The monoisotopic (exact) mass is 680 g/mol. The first-order chi connectivity index (χ1) is 23.7. The molecule has 0 fully saturated rings. The molecule has 3 heterocycles. The fraction of sp³-hybridized carbons (Fsp3) is 0. The Labute approximate surface area is 280 Å². The Morgan fingerprint density at radius 2 is 1.12 bits per heavy atom. The molecule has 0 saturated heterocycles. The molecular weight excluding hydrogens is 655 g/mol. The van der Waals surface area contributed by atoms with Gasteiger partial charge in [0.2, 0.25) is 0 Å². The van der Waals surface area contributed by atoms with Crippen molar-refractivity contribution in [1.29, 1.82) is 0 Å². The van der Waals surface area contributed by atoms with Crippen molar-refractivity contribution in [2.45, 2.75) is 0 Å². The topological polar surface area (TPSA) is 64.7 Å². The molecule has 48 heavy (non-hydrogen) atoms. The zero-order valence-corrected chi connectivity index (χ0v) is 27.2. The molecule has 3 aromatic heterocycles. The predicted octanol–water partition coefficient (Wildman–Crippen LogP) is 10.4. The van der Waals surface area contributed by atoms with Gasteiger partial charge in [-0.2, -0.15) is 0 Å². The molecule has 0 unspecified atom stereocenters. The van der Waals surface area contributed by atoms with Crippen LogP contribution in [-0.4, -0.2) is 34.4 Å². The fourth-order valence-electron chi connectivity index (χ4n) is 6.60. The molecule has 0 radical (unpaired) electrons. The van der Waals surface area contributed by atoms with Crippen molar-refractivity contribution in [2.75, 3.05) is 0 Å². The molecule has 10 rings (SSSR count). The van der Waals surface area contributed by atoms with Crippen molar-refractivity contribution < 1.29 is 4.42 Å². The third kappa shape index (κ3) is 4.46. The summed E-state index contributed by atoms with van der Waals surface area (Å²) in [6.45, 7) is 0. The van der Waals surface area contributed by atoms with E-state index in [1.807, 2.05) is 36.4 Å². The molecule has 0 aliphatic rings. The van der Waals surface area contributed by atoms with Crippen LogP contribution in [0.15, 0.2) is 150 Å². The summed E-state index contributed by atoms with van der Waals surface area (Å²) in [5.74, 6) is 1.87. The molecule has 0 aliphatic carbocycles. The number of furan rings is 1. The van der Waals surface area contributed by atoms with Crippen molar-refractivity contribution >= 4 is 67.8 Å². The van der Waals surface area contributed by atoms with Crippen LogP contribution in [0.2, 0.25) is 0 Å². The van der Waals surface area contributed by atoms with Gasteiger partial charge in [-0.1, -0.05) is 30.3 Å². The number of hydrogen-bond acceptors (Lipinski definition) is 5. The number of hydrogen-bond donors (Lipinski definition) is 0. The molecule has 0 atom stereocenters. The van der Waals surface area contributed by atoms with E-state index in [4.69, 9.17) is 24.4 Å². The SMILES string of the molecule is c1ccc(-c2nc3ccc4cc(-c5nc(-c6ccc7ccccc7c6)nc(-c6cccc7oc8ccccc8c67)n5)ccc4c3[se]2)cc1. The van der Waals surface area contributed by atoms with E-state index in [1.165, 1.54) is 20.6 Å². The van der Waals surface area contributed by atoms with Crippen molar-refractivity contribution in [3.63, 3.8) is 0 Å². The summed E-state index contributed by atoms with van der Waals surface area (Å²) < 4.78 is 8.72. The van der Waals surface area contributed by atoms with Crippen LogP contribution in [0.4, 0.5) is 0 Å². The van der Waals surface area contributed by atoms with Gasteiger partial charge in [-0.15, -0.1) is 0 Å². The summed E-state index contributed by atoms with van der Waals surface area (Å²) in [7, 11) is 0. The third-order valence-corrected chi connectivity index (χ3v) is 11.4. The Hall–Kier alpha value is -5.94. The first kappa shape index (κ1) is 27.2. The second kappa shape index (κ2) is 10.8. The number of fused-ring (bicyclic) bond motifs is 7. The molecule has 5 nitrogen and oxygen atoms in total. The first-order valence-electron chi connectivity index (χ1n) is 15.8. The molecule has 224 valence electrons. The zero-order valence-electron chi connectivity index (χ0n) is 25.5. The Bertz CT molecular complexity index is 2860. The van der Waals surface area contributed by atoms with E-state index < -0.39 is 0 Å². The van der Waals surface area contributed by atoms with Gasteiger partial charge in [0.1, 0.15) is 0 Å². The standard InChI is InChI=1S/C42H24N4OSe/c1-2-10-26(11-3-1)42-43-34-22-20-28-24-30(19-21-31(28)38(34)48-42)40-44-39(29-18-17-25-9-4-5-12-27(25)23-29)45-41(46-40)33-14-8-16-36-37(33)32-13-6-7-15-35(32)47-36/h1-24H.